The third-order valence-corrected chi connectivity index (χ3v) is 2.05. The van der Waals surface area contributed by atoms with Crippen molar-refractivity contribution >= 4 is 17.9 Å². The van der Waals surface area contributed by atoms with E-state index in [9.17, 15) is 4.79 Å². The van der Waals surface area contributed by atoms with Crippen LogP contribution in [0.1, 0.15) is 10.4 Å². The number of hydrogen-bond acceptors (Lipinski definition) is 4. The van der Waals surface area contributed by atoms with Crippen LogP contribution in [0.5, 0.6) is 0 Å². The van der Waals surface area contributed by atoms with Gasteiger partial charge in [-0.1, -0.05) is 11.6 Å². The predicted molar refractivity (Wildman–Crippen MR) is 50.1 cm³/mol. The van der Waals surface area contributed by atoms with Gasteiger partial charge in [0, 0.05) is 5.56 Å². The van der Waals surface area contributed by atoms with Gasteiger partial charge < -0.3 is 4.42 Å². The number of aromatic nitrogens is 2. The molecule has 0 spiro atoms. The van der Waals surface area contributed by atoms with Gasteiger partial charge in [-0.3, -0.25) is 4.79 Å². The number of carbonyl (C=O) groups excluding carboxylic acids is 1. The SMILES string of the molecule is O=Cc1c(Cl)ncnc1-c1ccoc1. The quantitative estimate of drug-likeness (QED) is 0.561. The molecule has 4 nitrogen and oxygen atoms in total. The van der Waals surface area contributed by atoms with Crippen molar-refractivity contribution in [2.45, 2.75) is 0 Å². The lowest BCUT2D eigenvalue weighted by Gasteiger charge is -2.00. The van der Waals surface area contributed by atoms with Gasteiger partial charge in [-0.25, -0.2) is 9.97 Å². The molecule has 0 aliphatic carbocycles. The molecule has 0 aromatic carbocycles. The van der Waals surface area contributed by atoms with E-state index in [0.29, 0.717) is 17.5 Å². The van der Waals surface area contributed by atoms with Crippen LogP contribution in [0.15, 0.2) is 29.3 Å². The molecule has 70 valence electrons. The molecule has 2 rings (SSSR count). The normalized spacial score (nSPS) is 10.1. The van der Waals surface area contributed by atoms with E-state index in [1.807, 2.05) is 0 Å². The zero-order chi connectivity index (χ0) is 9.97. The minimum atomic E-state index is 0.145. The Morgan fingerprint density at radius 1 is 1.43 bits per heavy atom. The maximum absolute atomic E-state index is 10.7. The van der Waals surface area contributed by atoms with E-state index in [0.717, 1.165) is 0 Å². The number of aldehydes is 1. The summed E-state index contributed by atoms with van der Waals surface area (Å²) in [5.41, 5.74) is 1.46. The Bertz CT molecular complexity index is 454. The van der Waals surface area contributed by atoms with Crippen molar-refractivity contribution < 1.29 is 9.21 Å². The highest BCUT2D eigenvalue weighted by atomic mass is 35.5. The van der Waals surface area contributed by atoms with Crippen molar-refractivity contribution in [3.63, 3.8) is 0 Å². The van der Waals surface area contributed by atoms with E-state index < -0.39 is 0 Å². The average molecular weight is 209 g/mol. The molecule has 14 heavy (non-hydrogen) atoms. The van der Waals surface area contributed by atoms with Gasteiger partial charge in [0.15, 0.2) is 6.29 Å². The molecule has 2 aromatic rings. The van der Waals surface area contributed by atoms with Crippen LogP contribution in [-0.2, 0) is 0 Å². The first-order chi connectivity index (χ1) is 6.83. The molecule has 0 radical (unpaired) electrons. The smallest absolute Gasteiger partial charge is 0.155 e. The lowest BCUT2D eigenvalue weighted by Crippen LogP contribution is -1.94. The van der Waals surface area contributed by atoms with E-state index in [1.165, 1.54) is 18.9 Å². The third-order valence-electron chi connectivity index (χ3n) is 1.75. The third kappa shape index (κ3) is 1.40. The first-order valence-electron chi connectivity index (χ1n) is 3.81. The molecule has 0 aliphatic heterocycles. The fourth-order valence-corrected chi connectivity index (χ4v) is 1.29. The first-order valence-corrected chi connectivity index (χ1v) is 4.19. The molecule has 0 aliphatic rings. The van der Waals surface area contributed by atoms with Crippen molar-refractivity contribution in [1.82, 2.24) is 9.97 Å². The summed E-state index contributed by atoms with van der Waals surface area (Å²) in [6.45, 7) is 0. The maximum Gasteiger partial charge on any atom is 0.155 e. The molecule has 0 unspecified atom stereocenters. The van der Waals surface area contributed by atoms with E-state index in [2.05, 4.69) is 9.97 Å². The molecular weight excluding hydrogens is 204 g/mol. The summed E-state index contributed by atoms with van der Waals surface area (Å²) in [4.78, 5) is 18.4. The Labute approximate surface area is 84.6 Å². The highest BCUT2D eigenvalue weighted by Gasteiger charge is 2.11. The minimum absolute atomic E-state index is 0.145. The molecule has 0 N–H and O–H groups in total. The Morgan fingerprint density at radius 2 is 2.29 bits per heavy atom. The second-order valence-corrected chi connectivity index (χ2v) is 2.91. The Balaban J connectivity index is 2.64. The van der Waals surface area contributed by atoms with E-state index in [4.69, 9.17) is 16.0 Å². The van der Waals surface area contributed by atoms with Crippen LogP contribution in [0.4, 0.5) is 0 Å². The van der Waals surface area contributed by atoms with Crippen molar-refractivity contribution in [1.29, 1.82) is 0 Å². The maximum atomic E-state index is 10.7. The fraction of sp³-hybridized carbons (Fsp3) is 0. The van der Waals surface area contributed by atoms with Gasteiger partial charge in [-0.15, -0.1) is 0 Å². The highest BCUT2D eigenvalue weighted by molar-refractivity contribution is 6.32. The van der Waals surface area contributed by atoms with Gasteiger partial charge in [0.1, 0.15) is 11.5 Å². The van der Waals surface area contributed by atoms with Crippen LogP contribution in [0.3, 0.4) is 0 Å². The summed E-state index contributed by atoms with van der Waals surface area (Å²) < 4.78 is 4.89. The summed E-state index contributed by atoms with van der Waals surface area (Å²) in [7, 11) is 0. The number of carbonyl (C=O) groups is 1. The van der Waals surface area contributed by atoms with Crippen molar-refractivity contribution in [3.05, 3.63) is 35.6 Å². The average Bonchev–Trinajstić information content (AvgIpc) is 2.70. The molecular formula is C9H5ClN2O2. The fourth-order valence-electron chi connectivity index (χ4n) is 1.11. The number of halogens is 1. The lowest BCUT2D eigenvalue weighted by atomic mass is 10.1. The van der Waals surface area contributed by atoms with Crippen LogP contribution < -0.4 is 0 Å². The largest absolute Gasteiger partial charge is 0.472 e. The summed E-state index contributed by atoms with van der Waals surface area (Å²) in [6, 6.07) is 1.70. The first kappa shape index (κ1) is 8.90. The van der Waals surface area contributed by atoms with Crippen molar-refractivity contribution in [2.75, 3.05) is 0 Å². The van der Waals surface area contributed by atoms with Gasteiger partial charge >= 0.3 is 0 Å². The number of furan rings is 1. The summed E-state index contributed by atoms with van der Waals surface area (Å²) in [5.74, 6) is 0. The van der Waals surface area contributed by atoms with E-state index in [1.54, 1.807) is 6.07 Å². The zero-order valence-electron chi connectivity index (χ0n) is 6.98. The second kappa shape index (κ2) is 3.59. The van der Waals surface area contributed by atoms with Crippen molar-refractivity contribution in [2.24, 2.45) is 0 Å². The van der Waals surface area contributed by atoms with Gasteiger partial charge in [0.05, 0.1) is 23.8 Å². The zero-order valence-corrected chi connectivity index (χ0v) is 7.73. The van der Waals surface area contributed by atoms with Gasteiger partial charge in [0.2, 0.25) is 0 Å². The molecule has 0 bridgehead atoms. The Kier molecular flexibility index (Phi) is 2.28. The molecule has 0 saturated heterocycles. The molecule has 2 aromatic heterocycles. The second-order valence-electron chi connectivity index (χ2n) is 2.56. The van der Waals surface area contributed by atoms with Gasteiger partial charge in [0.25, 0.3) is 0 Å². The van der Waals surface area contributed by atoms with Gasteiger partial charge in [-0.05, 0) is 6.07 Å². The highest BCUT2D eigenvalue weighted by Crippen LogP contribution is 2.23. The van der Waals surface area contributed by atoms with Crippen molar-refractivity contribution in [3.8, 4) is 11.3 Å². The number of hydrogen-bond donors (Lipinski definition) is 0. The topological polar surface area (TPSA) is 56.0 Å². The standard InChI is InChI=1S/C9H5ClN2O2/c10-9-7(3-13)8(11-5-12-9)6-1-2-14-4-6/h1-5H. The van der Waals surface area contributed by atoms with E-state index in [-0.39, 0.29) is 10.7 Å². The summed E-state index contributed by atoms with van der Waals surface area (Å²) >= 11 is 5.73. The van der Waals surface area contributed by atoms with Crippen LogP contribution >= 0.6 is 11.6 Å². The van der Waals surface area contributed by atoms with Gasteiger partial charge in [-0.2, -0.15) is 0 Å². The predicted octanol–water partition coefficient (Wildman–Crippen LogP) is 2.20. The van der Waals surface area contributed by atoms with Crippen LogP contribution in [-0.4, -0.2) is 16.3 Å². The molecule has 5 heteroatoms. The molecule has 0 fully saturated rings. The molecule has 2 heterocycles. The Hall–Kier alpha value is -1.68. The summed E-state index contributed by atoms with van der Waals surface area (Å²) in [5, 5.41) is 0.145. The Morgan fingerprint density at radius 3 is 2.93 bits per heavy atom. The molecule has 0 atom stereocenters. The van der Waals surface area contributed by atoms with Crippen LogP contribution in [0.2, 0.25) is 5.15 Å². The molecule has 0 amide bonds. The number of nitrogens with zero attached hydrogens (tertiary/aromatic N) is 2. The van der Waals surface area contributed by atoms with Crippen LogP contribution in [0, 0.1) is 0 Å². The monoisotopic (exact) mass is 208 g/mol. The van der Waals surface area contributed by atoms with Crippen LogP contribution in [0.25, 0.3) is 11.3 Å². The molecule has 0 saturated carbocycles. The van der Waals surface area contributed by atoms with E-state index >= 15 is 0 Å². The minimum Gasteiger partial charge on any atom is -0.472 e. The lowest BCUT2D eigenvalue weighted by molar-refractivity contribution is 0.112. The number of rotatable bonds is 2. The summed E-state index contributed by atoms with van der Waals surface area (Å²) in [6.07, 6.45) is 4.92.